The van der Waals surface area contributed by atoms with Gasteiger partial charge in [0.05, 0.1) is 5.69 Å². The zero-order valence-corrected chi connectivity index (χ0v) is 10.2. The van der Waals surface area contributed by atoms with Gasteiger partial charge in [0.15, 0.2) is 6.23 Å². The molecule has 0 bridgehead atoms. The Labute approximate surface area is 96.3 Å². The van der Waals surface area contributed by atoms with Gasteiger partial charge in [-0.25, -0.2) is 0 Å². The molecule has 90 valence electrons. The second-order valence-electron chi connectivity index (χ2n) is 4.71. The van der Waals surface area contributed by atoms with E-state index in [0.29, 0.717) is 0 Å². The van der Waals surface area contributed by atoms with Gasteiger partial charge in [0.25, 0.3) is 0 Å². The Hall–Kier alpha value is -0.910. The van der Waals surface area contributed by atoms with Crippen molar-refractivity contribution in [3.05, 3.63) is 17.5 Å². The highest BCUT2D eigenvalue weighted by Gasteiger charge is 2.19. The number of aryl methyl sites for hydroxylation is 1. The van der Waals surface area contributed by atoms with E-state index in [4.69, 9.17) is 0 Å². The maximum atomic E-state index is 9.92. The summed E-state index contributed by atoms with van der Waals surface area (Å²) in [4.78, 5) is 4.04. The molecular weight excluding hydrogens is 204 g/mol. The lowest BCUT2D eigenvalue weighted by Gasteiger charge is -2.15. The summed E-state index contributed by atoms with van der Waals surface area (Å²) >= 11 is 0. The average Bonchev–Trinajstić information content (AvgIpc) is 2.52. The highest BCUT2D eigenvalue weighted by atomic mass is 16.3. The number of fused-ring (bicyclic) bond motifs is 1. The zero-order valence-electron chi connectivity index (χ0n) is 10.2. The SMILES string of the molecule is CN1CCCn2nc(C(O)N(C)C)cc2C1. The molecule has 0 fully saturated rings. The molecule has 5 nitrogen and oxygen atoms in total. The summed E-state index contributed by atoms with van der Waals surface area (Å²) < 4.78 is 2.02. The number of hydrogen-bond acceptors (Lipinski definition) is 4. The Balaban J connectivity index is 2.23. The standard InChI is InChI=1S/C11H20N4O/c1-13(2)11(16)10-7-9-8-14(3)5-4-6-15(9)12-10/h7,11,16H,4-6,8H2,1-3H3. The van der Waals surface area contributed by atoms with Gasteiger partial charge in [-0.15, -0.1) is 0 Å². The molecule has 1 aromatic rings. The number of hydrogen-bond donors (Lipinski definition) is 1. The predicted octanol–water partition coefficient (Wildman–Crippen LogP) is 0.271. The van der Waals surface area contributed by atoms with Crippen molar-refractivity contribution in [2.24, 2.45) is 0 Å². The predicted molar refractivity (Wildman–Crippen MR) is 61.8 cm³/mol. The molecule has 1 N–H and O–H groups in total. The molecule has 5 heteroatoms. The highest BCUT2D eigenvalue weighted by molar-refractivity contribution is 5.13. The fourth-order valence-electron chi connectivity index (χ4n) is 2.04. The molecule has 0 spiro atoms. The van der Waals surface area contributed by atoms with Crippen LogP contribution >= 0.6 is 0 Å². The fraction of sp³-hybridized carbons (Fsp3) is 0.727. The Morgan fingerprint density at radius 2 is 2.19 bits per heavy atom. The van der Waals surface area contributed by atoms with E-state index in [2.05, 4.69) is 17.0 Å². The summed E-state index contributed by atoms with van der Waals surface area (Å²) in [5.74, 6) is 0. The van der Waals surface area contributed by atoms with E-state index in [9.17, 15) is 5.11 Å². The normalized spacial score (nSPS) is 19.6. The highest BCUT2D eigenvalue weighted by Crippen LogP contribution is 2.18. The smallest absolute Gasteiger partial charge is 0.151 e. The molecule has 1 aliphatic rings. The van der Waals surface area contributed by atoms with Crippen molar-refractivity contribution in [1.29, 1.82) is 0 Å². The maximum absolute atomic E-state index is 9.92. The van der Waals surface area contributed by atoms with Gasteiger partial charge in [0.2, 0.25) is 0 Å². The van der Waals surface area contributed by atoms with E-state index in [1.165, 1.54) is 5.69 Å². The van der Waals surface area contributed by atoms with Crippen LogP contribution < -0.4 is 0 Å². The number of rotatable bonds is 2. The van der Waals surface area contributed by atoms with Crippen molar-refractivity contribution in [2.45, 2.75) is 25.7 Å². The third-order valence-corrected chi connectivity index (χ3v) is 2.98. The van der Waals surface area contributed by atoms with Crippen LogP contribution in [0.25, 0.3) is 0 Å². The van der Waals surface area contributed by atoms with Gasteiger partial charge in [-0.05, 0) is 33.6 Å². The summed E-state index contributed by atoms with van der Waals surface area (Å²) in [7, 11) is 5.81. The largest absolute Gasteiger partial charge is 0.372 e. The summed E-state index contributed by atoms with van der Waals surface area (Å²) in [6.07, 6.45) is 0.507. The van der Waals surface area contributed by atoms with Crippen molar-refractivity contribution >= 4 is 0 Å². The summed E-state index contributed by atoms with van der Waals surface area (Å²) in [5.41, 5.74) is 1.94. The van der Waals surface area contributed by atoms with Gasteiger partial charge in [0, 0.05) is 19.6 Å². The van der Waals surface area contributed by atoms with E-state index >= 15 is 0 Å². The van der Waals surface area contributed by atoms with Crippen molar-refractivity contribution in [3.63, 3.8) is 0 Å². The minimum atomic E-state index is -0.607. The van der Waals surface area contributed by atoms with Gasteiger partial charge in [-0.2, -0.15) is 5.10 Å². The molecule has 2 rings (SSSR count). The zero-order chi connectivity index (χ0) is 11.7. The molecule has 0 saturated heterocycles. The monoisotopic (exact) mass is 224 g/mol. The van der Waals surface area contributed by atoms with E-state index in [0.717, 1.165) is 31.7 Å². The molecule has 1 aliphatic heterocycles. The third-order valence-electron chi connectivity index (χ3n) is 2.98. The minimum Gasteiger partial charge on any atom is -0.372 e. The third kappa shape index (κ3) is 2.26. The Morgan fingerprint density at radius 1 is 1.44 bits per heavy atom. The molecule has 1 aromatic heterocycles. The van der Waals surface area contributed by atoms with Gasteiger partial charge >= 0.3 is 0 Å². The Morgan fingerprint density at radius 3 is 2.88 bits per heavy atom. The van der Waals surface area contributed by atoms with Gasteiger partial charge < -0.3 is 10.0 Å². The first kappa shape index (κ1) is 11.6. The Bertz CT molecular complexity index is 361. The quantitative estimate of drug-likeness (QED) is 0.732. The van der Waals surface area contributed by atoms with Crippen LogP contribution in [-0.4, -0.2) is 52.4 Å². The fourth-order valence-corrected chi connectivity index (χ4v) is 2.04. The first-order valence-corrected chi connectivity index (χ1v) is 5.67. The summed E-state index contributed by atoms with van der Waals surface area (Å²) in [6, 6.07) is 2.01. The number of nitrogens with zero attached hydrogens (tertiary/aromatic N) is 4. The molecule has 0 aliphatic carbocycles. The van der Waals surface area contributed by atoms with Gasteiger partial charge in [-0.1, -0.05) is 0 Å². The van der Waals surface area contributed by atoms with Crippen LogP contribution in [0.2, 0.25) is 0 Å². The second kappa shape index (κ2) is 4.53. The first-order valence-electron chi connectivity index (χ1n) is 5.67. The van der Waals surface area contributed by atoms with Crippen LogP contribution in [0.4, 0.5) is 0 Å². The molecule has 0 saturated carbocycles. The first-order chi connectivity index (χ1) is 7.58. The van der Waals surface area contributed by atoms with Crippen LogP contribution in [-0.2, 0) is 13.1 Å². The van der Waals surface area contributed by atoms with Crippen molar-refractivity contribution < 1.29 is 5.11 Å². The maximum Gasteiger partial charge on any atom is 0.151 e. The van der Waals surface area contributed by atoms with E-state index in [1.807, 2.05) is 24.8 Å². The molecular formula is C11H20N4O. The summed E-state index contributed by atoms with van der Waals surface area (Å²) in [6.45, 7) is 2.96. The lowest BCUT2D eigenvalue weighted by molar-refractivity contribution is 0.0352. The van der Waals surface area contributed by atoms with E-state index in [-0.39, 0.29) is 0 Å². The van der Waals surface area contributed by atoms with Crippen molar-refractivity contribution in [1.82, 2.24) is 19.6 Å². The van der Waals surface area contributed by atoms with Crippen LogP contribution in [0.3, 0.4) is 0 Å². The minimum absolute atomic E-state index is 0.607. The lowest BCUT2D eigenvalue weighted by atomic mass is 10.3. The molecule has 0 aromatic carbocycles. The lowest BCUT2D eigenvalue weighted by Crippen LogP contribution is -2.20. The molecule has 2 heterocycles. The Kier molecular flexibility index (Phi) is 3.28. The van der Waals surface area contributed by atoms with Crippen LogP contribution in [0.15, 0.2) is 6.07 Å². The van der Waals surface area contributed by atoms with E-state index < -0.39 is 6.23 Å². The van der Waals surface area contributed by atoms with Crippen LogP contribution in [0.5, 0.6) is 0 Å². The second-order valence-corrected chi connectivity index (χ2v) is 4.71. The summed E-state index contributed by atoms with van der Waals surface area (Å²) in [5, 5.41) is 14.4. The molecule has 0 radical (unpaired) electrons. The van der Waals surface area contributed by atoms with Crippen LogP contribution in [0, 0.1) is 0 Å². The van der Waals surface area contributed by atoms with E-state index in [1.54, 1.807) is 4.90 Å². The van der Waals surface area contributed by atoms with Crippen molar-refractivity contribution in [3.8, 4) is 0 Å². The number of aliphatic hydroxyl groups excluding tert-OH is 1. The molecule has 16 heavy (non-hydrogen) atoms. The van der Waals surface area contributed by atoms with Crippen molar-refractivity contribution in [2.75, 3.05) is 27.7 Å². The van der Waals surface area contributed by atoms with Crippen LogP contribution in [0.1, 0.15) is 24.0 Å². The number of aliphatic hydroxyl groups is 1. The van der Waals surface area contributed by atoms with Gasteiger partial charge in [-0.3, -0.25) is 9.58 Å². The van der Waals surface area contributed by atoms with Gasteiger partial charge in [0.1, 0.15) is 5.69 Å². The molecule has 0 amide bonds. The molecule has 1 unspecified atom stereocenters. The topological polar surface area (TPSA) is 44.5 Å². The average molecular weight is 224 g/mol. The molecule has 1 atom stereocenters. The number of aromatic nitrogens is 2.